The number of ether oxygens (including phenoxy) is 2. The third kappa shape index (κ3) is 7.05. The molecule has 0 spiro atoms. The molecule has 1 aromatic heterocycles. The Morgan fingerprint density at radius 1 is 1.13 bits per heavy atom. The fourth-order valence-corrected chi connectivity index (χ4v) is 5.78. The first-order chi connectivity index (χ1) is 18.4. The molecule has 9 nitrogen and oxygen atoms in total. The zero-order valence-corrected chi connectivity index (χ0v) is 24.5. The predicted molar refractivity (Wildman–Crippen MR) is 157 cm³/mol. The highest BCUT2D eigenvalue weighted by Gasteiger charge is 2.23. The van der Waals surface area contributed by atoms with Gasteiger partial charge in [-0.3, -0.25) is 10.0 Å². The molecule has 1 unspecified atom stereocenters. The zero-order chi connectivity index (χ0) is 28.4. The number of amides is 1. The van der Waals surface area contributed by atoms with E-state index in [9.17, 15) is 13.2 Å². The summed E-state index contributed by atoms with van der Waals surface area (Å²) >= 11 is 0. The Kier molecular flexibility index (Phi) is 8.46. The average Bonchev–Trinajstić information content (AvgIpc) is 2.98. The summed E-state index contributed by atoms with van der Waals surface area (Å²) in [5.41, 5.74) is 3.35. The monoisotopic (exact) mass is 556 g/mol. The number of carbonyl (C=O) groups excluding carboxylic acids is 1. The van der Waals surface area contributed by atoms with Crippen molar-refractivity contribution in [1.82, 2.24) is 9.88 Å². The van der Waals surface area contributed by atoms with Gasteiger partial charge in [-0.05, 0) is 73.4 Å². The maximum Gasteiger partial charge on any atom is 0.418 e. The quantitative estimate of drug-likeness (QED) is 0.360. The lowest BCUT2D eigenvalue weighted by molar-refractivity contribution is 0.212. The molecule has 1 amide bonds. The Hall–Kier alpha value is -3.24. The number of fused-ring (bicyclic) bond motifs is 1. The van der Waals surface area contributed by atoms with Crippen LogP contribution in [0.4, 0.5) is 16.2 Å². The van der Waals surface area contributed by atoms with Crippen LogP contribution in [0.2, 0.25) is 0 Å². The topological polar surface area (TPSA) is 111 Å². The summed E-state index contributed by atoms with van der Waals surface area (Å²) in [4.78, 5) is 13.1. The van der Waals surface area contributed by atoms with Crippen molar-refractivity contribution in [2.24, 2.45) is 13.0 Å². The summed E-state index contributed by atoms with van der Waals surface area (Å²) in [6.45, 7) is 8.12. The first-order valence-corrected chi connectivity index (χ1v) is 15.2. The first kappa shape index (κ1) is 28.8. The molecule has 3 N–H and O–H groups in total. The number of anilines is 2. The molecule has 1 atom stereocenters. The Labute approximate surface area is 231 Å². The van der Waals surface area contributed by atoms with Gasteiger partial charge in [0.1, 0.15) is 0 Å². The van der Waals surface area contributed by atoms with Crippen LogP contribution in [-0.4, -0.2) is 45.5 Å². The molecule has 0 aliphatic carbocycles. The van der Waals surface area contributed by atoms with Crippen LogP contribution >= 0.6 is 0 Å². The highest BCUT2D eigenvalue weighted by Crippen LogP contribution is 2.39. The van der Waals surface area contributed by atoms with Crippen molar-refractivity contribution < 1.29 is 22.7 Å². The first-order valence-electron chi connectivity index (χ1n) is 13.3. The van der Waals surface area contributed by atoms with E-state index in [2.05, 4.69) is 27.5 Å². The van der Waals surface area contributed by atoms with E-state index in [1.165, 1.54) is 25.5 Å². The van der Waals surface area contributed by atoms with Crippen LogP contribution in [0, 0.1) is 5.92 Å². The van der Waals surface area contributed by atoms with Gasteiger partial charge in [0.25, 0.3) is 0 Å². The maximum atomic E-state index is 13.1. The molecule has 1 saturated heterocycles. The standard InChI is InChI=1S/C29H40N4O5S/c1-29(2,3)22-17-23(27(37-5)24(18-22)32-39(6,35)36)31-28(34)38-25-16-21-11-7-10-20(26(21)33(25)4)15-19-9-8-13-30-14-12-19/h7,10-11,16-19,30,32H,8-9,12-15H2,1-6H3,(H,31,34). The smallest absolute Gasteiger partial charge is 0.418 e. The highest BCUT2D eigenvalue weighted by atomic mass is 32.2. The molecule has 0 saturated carbocycles. The van der Waals surface area contributed by atoms with Gasteiger partial charge in [-0.15, -0.1) is 0 Å². The summed E-state index contributed by atoms with van der Waals surface area (Å²) in [6, 6.07) is 11.6. The molecule has 2 heterocycles. The third-order valence-electron chi connectivity index (χ3n) is 7.19. The number of aryl methyl sites for hydroxylation is 1. The summed E-state index contributed by atoms with van der Waals surface area (Å²) in [5, 5.41) is 7.26. The van der Waals surface area contributed by atoms with Crippen molar-refractivity contribution in [3.05, 3.63) is 47.5 Å². The van der Waals surface area contributed by atoms with Crippen LogP contribution in [0.1, 0.15) is 51.2 Å². The minimum Gasteiger partial charge on any atom is -0.492 e. The van der Waals surface area contributed by atoms with Gasteiger partial charge in [0.2, 0.25) is 15.9 Å². The van der Waals surface area contributed by atoms with Crippen molar-refractivity contribution in [2.45, 2.75) is 51.9 Å². The van der Waals surface area contributed by atoms with Crippen LogP contribution in [-0.2, 0) is 28.9 Å². The Balaban J connectivity index is 1.61. The van der Waals surface area contributed by atoms with Crippen LogP contribution < -0.4 is 24.8 Å². The minimum absolute atomic E-state index is 0.197. The molecule has 1 aliphatic heterocycles. The van der Waals surface area contributed by atoms with E-state index in [0.29, 0.717) is 17.5 Å². The second-order valence-electron chi connectivity index (χ2n) is 11.4. The molecule has 4 rings (SSSR count). The number of nitrogens with one attached hydrogen (secondary N) is 3. The normalized spacial score (nSPS) is 16.5. The lowest BCUT2D eigenvalue weighted by Gasteiger charge is -2.23. The van der Waals surface area contributed by atoms with E-state index in [1.807, 2.05) is 44.5 Å². The summed E-state index contributed by atoms with van der Waals surface area (Å²) in [7, 11) is -0.261. The summed E-state index contributed by atoms with van der Waals surface area (Å²) < 4.78 is 39.7. The van der Waals surface area contributed by atoms with Crippen molar-refractivity contribution in [1.29, 1.82) is 0 Å². The van der Waals surface area contributed by atoms with Crippen LogP contribution in [0.5, 0.6) is 11.6 Å². The largest absolute Gasteiger partial charge is 0.492 e. The Morgan fingerprint density at radius 2 is 1.87 bits per heavy atom. The number of rotatable bonds is 7. The molecule has 0 radical (unpaired) electrons. The fraction of sp³-hybridized carbons (Fsp3) is 0.483. The number of methoxy groups -OCH3 is 1. The van der Waals surface area contributed by atoms with E-state index in [-0.39, 0.29) is 16.9 Å². The van der Waals surface area contributed by atoms with Crippen LogP contribution in [0.3, 0.4) is 0 Å². The summed E-state index contributed by atoms with van der Waals surface area (Å²) in [6.07, 6.45) is 4.88. The van der Waals surface area contributed by atoms with Gasteiger partial charge >= 0.3 is 6.09 Å². The van der Waals surface area contributed by atoms with Gasteiger partial charge in [-0.25, -0.2) is 13.2 Å². The van der Waals surface area contributed by atoms with Crippen molar-refractivity contribution in [3.8, 4) is 11.6 Å². The second kappa shape index (κ2) is 11.5. The predicted octanol–water partition coefficient (Wildman–Crippen LogP) is 5.40. The van der Waals surface area contributed by atoms with Gasteiger partial charge in [-0.1, -0.05) is 39.0 Å². The zero-order valence-electron chi connectivity index (χ0n) is 23.7. The SMILES string of the molecule is COc1c(NC(=O)Oc2cc3cccc(CC4CCCNCC4)c3n2C)cc(C(C)(C)C)cc1NS(C)(=O)=O. The third-order valence-corrected chi connectivity index (χ3v) is 7.78. The van der Waals surface area contributed by atoms with Crippen molar-refractivity contribution in [2.75, 3.05) is 36.5 Å². The number of para-hydroxylation sites is 1. The van der Waals surface area contributed by atoms with E-state index in [0.717, 1.165) is 48.7 Å². The number of aromatic nitrogens is 1. The van der Waals surface area contributed by atoms with Gasteiger partial charge in [0.15, 0.2) is 5.75 Å². The van der Waals surface area contributed by atoms with Crippen molar-refractivity contribution in [3.63, 3.8) is 0 Å². The molecule has 212 valence electrons. The van der Waals surface area contributed by atoms with Crippen molar-refractivity contribution >= 4 is 38.4 Å². The van der Waals surface area contributed by atoms with Crippen LogP contribution in [0.15, 0.2) is 36.4 Å². The molecule has 3 aromatic rings. The molecule has 1 fully saturated rings. The highest BCUT2D eigenvalue weighted by molar-refractivity contribution is 7.92. The molecule has 10 heteroatoms. The number of sulfonamides is 1. The van der Waals surface area contributed by atoms with Gasteiger partial charge in [-0.2, -0.15) is 0 Å². The molecular weight excluding hydrogens is 516 g/mol. The molecular formula is C29H40N4O5S. The molecule has 1 aliphatic rings. The van der Waals surface area contributed by atoms with Gasteiger partial charge in [0, 0.05) is 18.5 Å². The maximum absolute atomic E-state index is 13.1. The number of nitrogens with zero attached hydrogens (tertiary/aromatic N) is 1. The number of hydrogen-bond donors (Lipinski definition) is 3. The van der Waals surface area contributed by atoms with E-state index in [4.69, 9.17) is 9.47 Å². The summed E-state index contributed by atoms with van der Waals surface area (Å²) in [5.74, 6) is 1.23. The lowest BCUT2D eigenvalue weighted by Crippen LogP contribution is -2.21. The Bertz CT molecular complexity index is 1450. The number of hydrogen-bond acceptors (Lipinski definition) is 6. The van der Waals surface area contributed by atoms with E-state index >= 15 is 0 Å². The molecule has 2 aromatic carbocycles. The fourth-order valence-electron chi connectivity index (χ4n) is 5.23. The second-order valence-corrected chi connectivity index (χ2v) is 13.1. The lowest BCUT2D eigenvalue weighted by atomic mass is 9.86. The minimum atomic E-state index is -3.58. The molecule has 0 bridgehead atoms. The van der Waals surface area contributed by atoms with Crippen LogP contribution in [0.25, 0.3) is 10.9 Å². The Morgan fingerprint density at radius 3 is 2.56 bits per heavy atom. The van der Waals surface area contributed by atoms with E-state index in [1.54, 1.807) is 12.1 Å². The number of carbonyl (C=O) groups is 1. The molecule has 39 heavy (non-hydrogen) atoms. The van der Waals surface area contributed by atoms with E-state index < -0.39 is 16.1 Å². The average molecular weight is 557 g/mol. The number of benzene rings is 2. The van der Waals surface area contributed by atoms with Gasteiger partial charge < -0.3 is 19.4 Å². The van der Waals surface area contributed by atoms with Gasteiger partial charge in [0.05, 0.1) is 30.3 Å².